The maximum absolute atomic E-state index is 5.14. The van der Waals surface area contributed by atoms with Gasteiger partial charge in [-0.15, -0.1) is 0 Å². The van der Waals surface area contributed by atoms with Gasteiger partial charge in [-0.2, -0.15) is 0 Å². The topological polar surface area (TPSA) is 101 Å². The van der Waals surface area contributed by atoms with E-state index >= 15 is 0 Å². The number of allylic oxidation sites excluding steroid dienone is 6. The van der Waals surface area contributed by atoms with E-state index in [0.29, 0.717) is 11.7 Å². The zero-order valence-electron chi connectivity index (χ0n) is 21.2. The number of hydrogen-bond acceptors (Lipinski definition) is 7. The number of nitrogens with one attached hydrogen (secondary N) is 4. The first-order chi connectivity index (χ1) is 19.8. The molecule has 6 aliphatic rings. The first-order valence-electron chi connectivity index (χ1n) is 13.4. The predicted octanol–water partition coefficient (Wildman–Crippen LogP) is 5.49. The Hall–Kier alpha value is -5.50. The van der Waals surface area contributed by atoms with Gasteiger partial charge in [-0.1, -0.05) is 91.1 Å². The lowest BCUT2D eigenvalue weighted by atomic mass is 9.96. The van der Waals surface area contributed by atoms with E-state index in [1.54, 1.807) is 0 Å². The highest BCUT2D eigenvalue weighted by molar-refractivity contribution is 6.24. The Kier molecular flexibility index (Phi) is 4.29. The van der Waals surface area contributed by atoms with Crippen molar-refractivity contribution >= 4 is 45.8 Å². The summed E-state index contributed by atoms with van der Waals surface area (Å²) in [6, 6.07) is 16.4. The molecule has 0 radical (unpaired) electrons. The molecule has 190 valence electrons. The maximum Gasteiger partial charge on any atom is 0.164 e. The van der Waals surface area contributed by atoms with Crippen LogP contribution < -0.4 is 16.0 Å². The molecule has 0 saturated heterocycles. The Labute approximate surface area is 229 Å². The molecule has 40 heavy (non-hydrogen) atoms. The van der Waals surface area contributed by atoms with Crippen molar-refractivity contribution in [2.45, 2.75) is 6.42 Å². The summed E-state index contributed by atoms with van der Waals surface area (Å²) in [6.45, 7) is 0. The highest BCUT2D eigenvalue weighted by Crippen LogP contribution is 2.38. The minimum atomic E-state index is -0.000628. The molecular weight excluding hydrogens is 496 g/mol. The molecule has 1 atom stereocenters. The Morgan fingerprint density at radius 2 is 1.62 bits per heavy atom. The zero-order valence-corrected chi connectivity index (χ0v) is 21.2. The summed E-state index contributed by atoms with van der Waals surface area (Å²) < 4.78 is 0. The van der Waals surface area contributed by atoms with Crippen LogP contribution >= 0.6 is 0 Å². The molecule has 4 N–H and O–H groups in total. The lowest BCUT2D eigenvalue weighted by Crippen LogP contribution is -2.32. The lowest BCUT2D eigenvalue weighted by molar-refractivity contribution is 0.991. The van der Waals surface area contributed by atoms with Crippen molar-refractivity contribution in [1.29, 1.82) is 0 Å². The molecule has 9 rings (SSSR count). The maximum atomic E-state index is 5.14. The predicted molar refractivity (Wildman–Crippen MR) is 160 cm³/mol. The first-order valence-corrected chi connectivity index (χ1v) is 13.4. The number of rotatable bonds is 0. The fourth-order valence-electron chi connectivity index (χ4n) is 5.99. The molecular formula is C32H22N8. The molecule has 4 aliphatic heterocycles. The standard InChI is InChI=1S/C32H22N8/c1-2-10-18-17(9-1)25-33-26(18)38-28-21-13-5-6-14-22(21)30(35-28)40-32-24-16-8-7-15-23(24)31(36-32)39-29-20-12-4-3-11-19(20)27(34-29)37-25/h1-7,9-16,18,35H,8H2,(H,33,38)(H,36,40)(H,34,37,39). The molecule has 0 spiro atoms. The van der Waals surface area contributed by atoms with Gasteiger partial charge in [0.2, 0.25) is 0 Å². The van der Waals surface area contributed by atoms with Gasteiger partial charge >= 0.3 is 0 Å². The Morgan fingerprint density at radius 3 is 2.58 bits per heavy atom. The summed E-state index contributed by atoms with van der Waals surface area (Å²) in [7, 11) is 0. The van der Waals surface area contributed by atoms with Crippen molar-refractivity contribution < 1.29 is 0 Å². The largest absolute Gasteiger partial charge is 0.329 e. The fourth-order valence-corrected chi connectivity index (χ4v) is 5.99. The first kappa shape index (κ1) is 21.4. The van der Waals surface area contributed by atoms with Gasteiger partial charge in [0.25, 0.3) is 0 Å². The van der Waals surface area contributed by atoms with Crippen LogP contribution in [0.2, 0.25) is 0 Å². The molecule has 0 fully saturated rings. The van der Waals surface area contributed by atoms with Gasteiger partial charge in [-0.25, -0.2) is 20.0 Å². The van der Waals surface area contributed by atoms with E-state index in [-0.39, 0.29) is 5.92 Å². The molecule has 2 aromatic carbocycles. The average Bonchev–Trinajstić information content (AvgIpc) is 3.73. The molecule has 1 unspecified atom stereocenters. The number of anilines is 1. The number of benzene rings is 2. The van der Waals surface area contributed by atoms with Crippen molar-refractivity contribution in [3.05, 3.63) is 131 Å². The fraction of sp³-hybridized carbons (Fsp3) is 0.0625. The van der Waals surface area contributed by atoms with Gasteiger partial charge in [0, 0.05) is 38.6 Å². The van der Waals surface area contributed by atoms with Gasteiger partial charge in [0.05, 0.1) is 5.92 Å². The van der Waals surface area contributed by atoms with Crippen LogP contribution in [0, 0.1) is 5.92 Å². The van der Waals surface area contributed by atoms with E-state index < -0.39 is 0 Å². The van der Waals surface area contributed by atoms with E-state index in [1.165, 1.54) is 0 Å². The van der Waals surface area contributed by atoms with Crippen molar-refractivity contribution in [1.82, 2.24) is 15.6 Å². The summed E-state index contributed by atoms with van der Waals surface area (Å²) in [6.07, 6.45) is 15.7. The second-order valence-electron chi connectivity index (χ2n) is 10.2. The molecule has 0 saturated carbocycles. The molecule has 8 nitrogen and oxygen atoms in total. The van der Waals surface area contributed by atoms with E-state index in [4.69, 9.17) is 20.0 Å². The summed E-state index contributed by atoms with van der Waals surface area (Å²) in [5, 5.41) is 12.8. The van der Waals surface area contributed by atoms with Crippen molar-refractivity contribution in [3.8, 4) is 0 Å². The minimum Gasteiger partial charge on any atom is -0.329 e. The van der Waals surface area contributed by atoms with Crippen LogP contribution in [0.3, 0.4) is 0 Å². The van der Waals surface area contributed by atoms with Crippen LogP contribution in [0.15, 0.2) is 139 Å². The number of nitrogens with zero attached hydrogens (tertiary/aromatic N) is 4. The van der Waals surface area contributed by atoms with Crippen LogP contribution in [0.25, 0.3) is 10.8 Å². The quantitative estimate of drug-likeness (QED) is 0.317. The van der Waals surface area contributed by atoms with Gasteiger partial charge in [0.1, 0.15) is 35.0 Å². The van der Waals surface area contributed by atoms with E-state index in [1.807, 2.05) is 24.3 Å². The van der Waals surface area contributed by atoms with Crippen LogP contribution in [0.4, 0.5) is 11.6 Å². The Bertz CT molecular complexity index is 2000. The van der Waals surface area contributed by atoms with E-state index in [9.17, 15) is 0 Å². The Balaban J connectivity index is 1.30. The third-order valence-electron chi connectivity index (χ3n) is 7.87. The number of aromatic nitrogens is 1. The summed E-state index contributed by atoms with van der Waals surface area (Å²) >= 11 is 0. The number of H-pyrrole nitrogens is 1. The molecule has 8 bridgehead atoms. The number of amidine groups is 4. The van der Waals surface area contributed by atoms with E-state index in [2.05, 4.69) is 87.7 Å². The van der Waals surface area contributed by atoms with Gasteiger partial charge in [-0.05, 0) is 6.42 Å². The van der Waals surface area contributed by atoms with Crippen molar-refractivity contribution in [3.63, 3.8) is 0 Å². The summed E-state index contributed by atoms with van der Waals surface area (Å²) in [4.78, 5) is 23.7. The molecule has 3 aromatic rings. The van der Waals surface area contributed by atoms with Gasteiger partial charge < -0.3 is 20.9 Å². The van der Waals surface area contributed by atoms with Crippen LogP contribution in [0.1, 0.15) is 17.5 Å². The normalized spacial score (nSPS) is 21.5. The monoisotopic (exact) mass is 518 g/mol. The molecule has 8 heteroatoms. The average molecular weight is 519 g/mol. The summed E-state index contributed by atoms with van der Waals surface area (Å²) in [5.41, 5.74) is 5.11. The molecule has 1 aromatic heterocycles. The highest BCUT2D eigenvalue weighted by atomic mass is 15.2. The number of fused-ring (bicyclic) bond motifs is 16. The van der Waals surface area contributed by atoms with Crippen LogP contribution in [-0.4, -0.2) is 28.3 Å². The zero-order chi connectivity index (χ0) is 26.2. The third kappa shape index (κ3) is 3.07. The Morgan fingerprint density at radius 1 is 0.750 bits per heavy atom. The number of aliphatic imine (C=N–C) groups is 4. The lowest BCUT2D eigenvalue weighted by Gasteiger charge is -2.11. The van der Waals surface area contributed by atoms with Crippen LogP contribution in [0.5, 0.6) is 0 Å². The second kappa shape index (κ2) is 8.00. The third-order valence-corrected chi connectivity index (χ3v) is 7.87. The SMILES string of the molecule is C1=CC2=C3NC4=NC(=NC5=C6C=CCC=C6C(=N5)Nc5[nH]c(c6ccccc56)N=C(N3)C2C=C1)c1ccccc14. The number of aromatic amines is 1. The number of hydrogen-bond donors (Lipinski definition) is 4. The van der Waals surface area contributed by atoms with Crippen molar-refractivity contribution in [2.24, 2.45) is 25.9 Å². The molecule has 2 aliphatic carbocycles. The van der Waals surface area contributed by atoms with Gasteiger partial charge in [0.15, 0.2) is 11.7 Å². The van der Waals surface area contributed by atoms with Crippen LogP contribution in [-0.2, 0) is 0 Å². The van der Waals surface area contributed by atoms with Crippen molar-refractivity contribution in [2.75, 3.05) is 5.32 Å². The molecule has 5 heterocycles. The second-order valence-corrected chi connectivity index (χ2v) is 10.2. The molecule has 0 amide bonds. The smallest absolute Gasteiger partial charge is 0.164 e. The van der Waals surface area contributed by atoms with E-state index in [0.717, 1.165) is 80.0 Å². The minimum absolute atomic E-state index is 0.000628. The highest BCUT2D eigenvalue weighted by Gasteiger charge is 2.33. The van der Waals surface area contributed by atoms with Gasteiger partial charge in [-0.3, -0.25) is 0 Å². The summed E-state index contributed by atoms with van der Waals surface area (Å²) in [5.74, 6) is 6.12.